The van der Waals surface area contributed by atoms with Gasteiger partial charge in [-0.1, -0.05) is 27.4 Å². The summed E-state index contributed by atoms with van der Waals surface area (Å²) in [5.41, 5.74) is 3.77. The standard InChI is InChI=1S/C30H39FN2O5/c1-8-37-25-16-21-17-33(19(3)26(21)27(31)29(25)38-9-2)18-24(34)20-14-22(30(4,5)6)28(35-7)23(15-20)32-10-12-36-13-11-32/h14-16H,3,8-13,17-18H2,1-2,4-7H3. The first-order valence-corrected chi connectivity index (χ1v) is 13.2. The third-order valence-corrected chi connectivity index (χ3v) is 6.98. The zero-order valence-electron chi connectivity index (χ0n) is 23.4. The van der Waals surface area contributed by atoms with Gasteiger partial charge in [-0.2, -0.15) is 0 Å². The van der Waals surface area contributed by atoms with Crippen LogP contribution < -0.4 is 19.1 Å². The number of carbonyl (C=O) groups is 1. The van der Waals surface area contributed by atoms with Crippen LogP contribution in [0.25, 0.3) is 5.70 Å². The number of hydrogen-bond donors (Lipinski definition) is 0. The first kappa shape index (κ1) is 27.8. The van der Waals surface area contributed by atoms with E-state index in [1.54, 1.807) is 20.1 Å². The zero-order valence-corrected chi connectivity index (χ0v) is 23.4. The van der Waals surface area contributed by atoms with Gasteiger partial charge in [-0.05, 0) is 43.0 Å². The topological polar surface area (TPSA) is 60.5 Å². The van der Waals surface area contributed by atoms with Gasteiger partial charge >= 0.3 is 0 Å². The molecule has 0 amide bonds. The molecule has 0 aromatic heterocycles. The van der Waals surface area contributed by atoms with Crippen LogP contribution in [-0.2, 0) is 16.7 Å². The summed E-state index contributed by atoms with van der Waals surface area (Å²) in [6, 6.07) is 5.64. The van der Waals surface area contributed by atoms with Gasteiger partial charge in [0.25, 0.3) is 0 Å². The predicted molar refractivity (Wildman–Crippen MR) is 147 cm³/mol. The summed E-state index contributed by atoms with van der Waals surface area (Å²) in [7, 11) is 1.67. The van der Waals surface area contributed by atoms with Crippen LogP contribution in [0.15, 0.2) is 24.8 Å². The molecule has 206 valence electrons. The summed E-state index contributed by atoms with van der Waals surface area (Å²) in [6.07, 6.45) is 0. The number of benzene rings is 2. The molecule has 2 heterocycles. The number of carbonyl (C=O) groups excluding carboxylic acids is 1. The van der Waals surface area contributed by atoms with Crippen molar-refractivity contribution in [1.82, 2.24) is 4.90 Å². The van der Waals surface area contributed by atoms with E-state index in [0.717, 1.165) is 35.7 Å². The van der Waals surface area contributed by atoms with Gasteiger partial charge < -0.3 is 28.7 Å². The fourth-order valence-corrected chi connectivity index (χ4v) is 5.10. The number of ether oxygens (including phenoxy) is 4. The summed E-state index contributed by atoms with van der Waals surface area (Å²) < 4.78 is 38.2. The maximum atomic E-state index is 15.5. The van der Waals surface area contributed by atoms with Crippen LogP contribution in [0.1, 0.15) is 61.7 Å². The third-order valence-electron chi connectivity index (χ3n) is 6.98. The molecular formula is C30H39FN2O5. The van der Waals surface area contributed by atoms with Crippen molar-refractivity contribution in [3.05, 3.63) is 52.8 Å². The van der Waals surface area contributed by atoms with Crippen molar-refractivity contribution in [3.63, 3.8) is 0 Å². The molecule has 0 N–H and O–H groups in total. The van der Waals surface area contributed by atoms with Gasteiger partial charge in [0.2, 0.25) is 0 Å². The van der Waals surface area contributed by atoms with Gasteiger partial charge in [0.05, 0.1) is 45.8 Å². The Labute approximate surface area is 225 Å². The second-order valence-corrected chi connectivity index (χ2v) is 10.6. The van der Waals surface area contributed by atoms with E-state index in [1.165, 1.54) is 0 Å². The minimum Gasteiger partial charge on any atom is -0.494 e. The molecule has 8 heteroatoms. The highest BCUT2D eigenvalue weighted by Gasteiger charge is 2.33. The number of halogens is 1. The maximum Gasteiger partial charge on any atom is 0.197 e. The van der Waals surface area contributed by atoms with Gasteiger partial charge in [0.1, 0.15) is 5.75 Å². The lowest BCUT2D eigenvalue weighted by molar-refractivity contribution is 0.0959. The normalized spacial score (nSPS) is 15.5. The van der Waals surface area contributed by atoms with Crippen molar-refractivity contribution in [3.8, 4) is 17.2 Å². The number of nitrogens with zero attached hydrogens (tertiary/aromatic N) is 2. The molecule has 2 aromatic carbocycles. The van der Waals surface area contributed by atoms with Gasteiger partial charge in [-0.3, -0.25) is 4.79 Å². The molecule has 0 radical (unpaired) electrons. The Balaban J connectivity index is 1.67. The molecule has 1 fully saturated rings. The Morgan fingerprint density at radius 3 is 2.37 bits per heavy atom. The molecule has 7 nitrogen and oxygen atoms in total. The molecule has 2 aliphatic rings. The van der Waals surface area contributed by atoms with E-state index in [4.69, 9.17) is 18.9 Å². The zero-order chi connectivity index (χ0) is 27.6. The van der Waals surface area contributed by atoms with E-state index < -0.39 is 5.82 Å². The molecule has 0 bridgehead atoms. The number of anilines is 1. The van der Waals surface area contributed by atoms with Crippen LogP contribution in [0.4, 0.5) is 10.1 Å². The lowest BCUT2D eigenvalue weighted by atomic mass is 9.84. The molecule has 0 spiro atoms. The summed E-state index contributed by atoms with van der Waals surface area (Å²) in [6.45, 7) is 17.9. The van der Waals surface area contributed by atoms with Crippen molar-refractivity contribution in [2.75, 3.05) is 58.1 Å². The molecule has 0 atom stereocenters. The first-order chi connectivity index (χ1) is 18.1. The van der Waals surface area contributed by atoms with Gasteiger partial charge in [0.15, 0.2) is 23.1 Å². The summed E-state index contributed by atoms with van der Waals surface area (Å²) in [4.78, 5) is 17.7. The van der Waals surface area contributed by atoms with Crippen LogP contribution in [0.2, 0.25) is 0 Å². The van der Waals surface area contributed by atoms with Crippen molar-refractivity contribution < 1.29 is 28.1 Å². The smallest absolute Gasteiger partial charge is 0.197 e. The number of rotatable bonds is 9. The van der Waals surface area contributed by atoms with Crippen LogP contribution in [-0.4, -0.2) is 63.9 Å². The molecular weight excluding hydrogens is 487 g/mol. The van der Waals surface area contributed by atoms with Crippen LogP contribution in [0.3, 0.4) is 0 Å². The van der Waals surface area contributed by atoms with E-state index in [2.05, 4.69) is 32.3 Å². The summed E-state index contributed by atoms with van der Waals surface area (Å²) >= 11 is 0. The Morgan fingerprint density at radius 2 is 1.76 bits per heavy atom. The van der Waals surface area contributed by atoms with E-state index in [-0.39, 0.29) is 23.5 Å². The van der Waals surface area contributed by atoms with Crippen molar-refractivity contribution in [1.29, 1.82) is 0 Å². The number of Topliss-reactive ketones (excluding diaryl/α,β-unsaturated/α-hetero) is 1. The van der Waals surface area contributed by atoms with Gasteiger partial charge in [0, 0.05) is 42.0 Å². The Morgan fingerprint density at radius 1 is 1.08 bits per heavy atom. The highest BCUT2D eigenvalue weighted by atomic mass is 19.1. The monoisotopic (exact) mass is 526 g/mol. The Bertz CT molecular complexity index is 1210. The number of fused-ring (bicyclic) bond motifs is 1. The molecule has 4 rings (SSSR count). The summed E-state index contributed by atoms with van der Waals surface area (Å²) in [5.74, 6) is 0.663. The average molecular weight is 527 g/mol. The van der Waals surface area contributed by atoms with Gasteiger partial charge in [-0.25, -0.2) is 4.39 Å². The largest absolute Gasteiger partial charge is 0.494 e. The van der Waals surface area contributed by atoms with E-state index in [1.807, 2.05) is 24.0 Å². The molecule has 2 aliphatic heterocycles. The molecule has 0 saturated carbocycles. The number of methoxy groups -OCH3 is 1. The minimum atomic E-state index is -0.498. The first-order valence-electron chi connectivity index (χ1n) is 13.2. The lowest BCUT2D eigenvalue weighted by Crippen LogP contribution is -2.37. The maximum absolute atomic E-state index is 15.5. The number of ketones is 1. The highest BCUT2D eigenvalue weighted by Crippen LogP contribution is 2.44. The van der Waals surface area contributed by atoms with Crippen molar-refractivity contribution >= 4 is 17.2 Å². The number of morpholine rings is 1. The van der Waals surface area contributed by atoms with Crippen molar-refractivity contribution in [2.24, 2.45) is 0 Å². The quantitative estimate of drug-likeness (QED) is 0.404. The van der Waals surface area contributed by atoms with Crippen LogP contribution in [0.5, 0.6) is 17.2 Å². The molecule has 2 aromatic rings. The fraction of sp³-hybridized carbons (Fsp3) is 0.500. The highest BCUT2D eigenvalue weighted by molar-refractivity contribution is 6.00. The third kappa shape index (κ3) is 5.32. The minimum absolute atomic E-state index is 0.0688. The molecule has 1 saturated heterocycles. The van der Waals surface area contributed by atoms with Gasteiger partial charge in [-0.15, -0.1) is 0 Å². The molecule has 38 heavy (non-hydrogen) atoms. The number of hydrogen-bond acceptors (Lipinski definition) is 7. The molecule has 0 unspecified atom stereocenters. The Hall–Kier alpha value is -3.26. The lowest BCUT2D eigenvalue weighted by Gasteiger charge is -2.33. The SMILES string of the molecule is C=C1c2c(cc(OCC)c(OCC)c2F)CN1CC(=O)c1cc(N2CCOCC2)c(OC)c(C(C)(C)C)c1. The van der Waals surface area contributed by atoms with E-state index in [9.17, 15) is 4.79 Å². The summed E-state index contributed by atoms with van der Waals surface area (Å²) in [5, 5.41) is 0. The molecule has 0 aliphatic carbocycles. The van der Waals surface area contributed by atoms with E-state index >= 15 is 4.39 Å². The van der Waals surface area contributed by atoms with E-state index in [0.29, 0.717) is 55.5 Å². The Kier molecular flexibility index (Phi) is 8.21. The fourth-order valence-electron chi connectivity index (χ4n) is 5.10. The second-order valence-electron chi connectivity index (χ2n) is 10.6. The van der Waals surface area contributed by atoms with Crippen molar-refractivity contribution in [2.45, 2.75) is 46.6 Å². The second kappa shape index (κ2) is 11.2. The van der Waals surface area contributed by atoms with Crippen LogP contribution >= 0.6 is 0 Å². The predicted octanol–water partition coefficient (Wildman–Crippen LogP) is 5.44. The average Bonchev–Trinajstić information content (AvgIpc) is 3.20. The van der Waals surface area contributed by atoms with Crippen LogP contribution in [0, 0.1) is 5.82 Å².